The molecular formula is C20H15NO2P2. The summed E-state index contributed by atoms with van der Waals surface area (Å²) in [6, 6.07) is 28.5. The van der Waals surface area contributed by atoms with E-state index in [4.69, 9.17) is 9.05 Å². The molecule has 0 saturated carbocycles. The Morgan fingerprint density at radius 3 is 1.88 bits per heavy atom. The van der Waals surface area contributed by atoms with Crippen molar-refractivity contribution in [3.63, 3.8) is 0 Å². The lowest BCUT2D eigenvalue weighted by Crippen LogP contribution is -1.78. The summed E-state index contributed by atoms with van der Waals surface area (Å²) in [6.45, 7) is 0. The van der Waals surface area contributed by atoms with Crippen molar-refractivity contribution >= 4 is 39.1 Å². The number of nitrogens with zero attached hydrogens (tertiary/aromatic N) is 1. The second-order valence-corrected chi connectivity index (χ2v) is 7.02. The highest BCUT2D eigenvalue weighted by molar-refractivity contribution is 7.39. The number of hydrogen-bond acceptors (Lipinski definition) is 3. The summed E-state index contributed by atoms with van der Waals surface area (Å²) >= 11 is 0. The Morgan fingerprint density at radius 1 is 0.640 bits per heavy atom. The Labute approximate surface area is 149 Å². The van der Waals surface area contributed by atoms with E-state index in [1.807, 2.05) is 54.6 Å². The molecule has 0 aliphatic rings. The topological polar surface area (TPSA) is 30.8 Å². The van der Waals surface area contributed by atoms with Gasteiger partial charge in [0.1, 0.15) is 11.5 Å². The zero-order chi connectivity index (χ0) is 16.9. The van der Waals surface area contributed by atoms with Crippen molar-refractivity contribution in [1.29, 1.82) is 0 Å². The maximum atomic E-state index is 5.70. The summed E-state index contributed by atoms with van der Waals surface area (Å²) in [4.78, 5) is 0. The summed E-state index contributed by atoms with van der Waals surface area (Å²) in [7, 11) is 0.540. The van der Waals surface area contributed by atoms with Gasteiger partial charge in [0, 0.05) is 0 Å². The third kappa shape index (κ3) is 3.96. The molecule has 0 bridgehead atoms. The number of benzene rings is 4. The summed E-state index contributed by atoms with van der Waals surface area (Å²) in [5.41, 5.74) is 0. The van der Waals surface area contributed by atoms with Gasteiger partial charge in [-0.05, 0) is 45.8 Å². The lowest BCUT2D eigenvalue weighted by Gasteiger charge is -2.04. The molecule has 0 saturated heterocycles. The van der Waals surface area contributed by atoms with Crippen LogP contribution in [0.1, 0.15) is 0 Å². The van der Waals surface area contributed by atoms with Gasteiger partial charge in [0.25, 0.3) is 0 Å². The predicted molar refractivity (Wildman–Crippen MR) is 107 cm³/mol. The molecule has 1 unspecified atom stereocenters. The molecule has 0 aliphatic heterocycles. The summed E-state index contributed by atoms with van der Waals surface area (Å²) in [6.07, 6.45) is 0. The van der Waals surface area contributed by atoms with Crippen LogP contribution in [0.25, 0.3) is 21.5 Å². The second-order valence-electron chi connectivity index (χ2n) is 5.48. The minimum absolute atomic E-state index is 0.00141. The van der Waals surface area contributed by atoms with Crippen LogP contribution in [0.15, 0.2) is 89.4 Å². The van der Waals surface area contributed by atoms with E-state index in [2.05, 4.69) is 34.8 Å². The van der Waals surface area contributed by atoms with Gasteiger partial charge in [-0.15, -0.1) is 0 Å². The average Bonchev–Trinajstić information content (AvgIpc) is 2.67. The fourth-order valence-electron chi connectivity index (χ4n) is 2.61. The normalized spacial score (nSPS) is 11.7. The summed E-state index contributed by atoms with van der Waals surface area (Å²) < 4.78 is 15.6. The van der Waals surface area contributed by atoms with E-state index < -0.39 is 0 Å². The molecule has 1 atom stereocenters. The van der Waals surface area contributed by atoms with Crippen LogP contribution in [0.3, 0.4) is 0 Å². The fourth-order valence-corrected chi connectivity index (χ4v) is 3.51. The largest absolute Gasteiger partial charge is 0.454 e. The highest BCUT2D eigenvalue weighted by atomic mass is 31.1. The summed E-state index contributed by atoms with van der Waals surface area (Å²) in [5.74, 6) is 1.63. The molecule has 0 radical (unpaired) electrons. The first kappa shape index (κ1) is 16.0. The predicted octanol–water partition coefficient (Wildman–Crippen LogP) is 7.00. The van der Waals surface area contributed by atoms with Crippen LogP contribution in [0, 0.1) is 0 Å². The minimum Gasteiger partial charge on any atom is -0.454 e. The first-order valence-electron chi connectivity index (χ1n) is 7.85. The molecule has 0 heterocycles. The lowest BCUT2D eigenvalue weighted by molar-refractivity contribution is 0.628. The van der Waals surface area contributed by atoms with E-state index in [0.29, 0.717) is 8.60 Å². The first-order chi connectivity index (χ1) is 12.4. The van der Waals surface area contributed by atoms with E-state index in [9.17, 15) is 0 Å². The molecule has 0 spiro atoms. The number of hydrogen-bond donors (Lipinski definition) is 0. The van der Waals surface area contributed by atoms with Gasteiger partial charge in [-0.2, -0.15) is 4.52 Å². The van der Waals surface area contributed by atoms with Crippen LogP contribution in [-0.2, 0) is 0 Å². The number of fused-ring (bicyclic) bond motifs is 2. The molecule has 0 fully saturated rings. The van der Waals surface area contributed by atoms with Crippen LogP contribution < -0.4 is 9.05 Å². The maximum absolute atomic E-state index is 5.70. The van der Waals surface area contributed by atoms with E-state index in [0.717, 1.165) is 22.3 Å². The molecule has 0 N–H and O–H groups in total. The van der Waals surface area contributed by atoms with Crippen LogP contribution >= 0.6 is 17.6 Å². The van der Waals surface area contributed by atoms with Gasteiger partial charge in [-0.25, -0.2) is 0 Å². The van der Waals surface area contributed by atoms with Crippen molar-refractivity contribution in [3.8, 4) is 11.5 Å². The van der Waals surface area contributed by atoms with E-state index in [1.165, 1.54) is 10.8 Å². The van der Waals surface area contributed by atoms with Crippen molar-refractivity contribution in [2.45, 2.75) is 0 Å². The Kier molecular flexibility index (Phi) is 4.88. The van der Waals surface area contributed by atoms with E-state index in [-0.39, 0.29) is 8.96 Å². The van der Waals surface area contributed by atoms with Gasteiger partial charge in [0.15, 0.2) is 0 Å². The Hall–Kier alpha value is -2.47. The van der Waals surface area contributed by atoms with Crippen molar-refractivity contribution < 1.29 is 9.05 Å². The fraction of sp³-hybridized carbons (Fsp3) is 0. The van der Waals surface area contributed by atoms with Crippen molar-refractivity contribution in [1.82, 2.24) is 0 Å². The van der Waals surface area contributed by atoms with Crippen molar-refractivity contribution in [2.75, 3.05) is 0 Å². The molecule has 0 aromatic heterocycles. The second kappa shape index (κ2) is 7.61. The molecule has 5 heteroatoms. The van der Waals surface area contributed by atoms with Crippen LogP contribution in [0.5, 0.6) is 11.5 Å². The van der Waals surface area contributed by atoms with Crippen LogP contribution in [0.2, 0.25) is 0 Å². The molecule has 3 nitrogen and oxygen atoms in total. The summed E-state index contributed by atoms with van der Waals surface area (Å²) in [5, 5.41) is 4.72. The molecular weight excluding hydrogens is 348 g/mol. The van der Waals surface area contributed by atoms with Crippen LogP contribution in [0.4, 0.5) is 0 Å². The van der Waals surface area contributed by atoms with Gasteiger partial charge < -0.3 is 9.05 Å². The van der Waals surface area contributed by atoms with Crippen molar-refractivity contribution in [2.24, 2.45) is 4.52 Å². The standard InChI is InChI=1S/C20H15NO2P2/c1-3-7-17-13-19(11-9-15(17)5-1)22-24-21-25-23-20-12-10-16-6-2-4-8-18(16)14-20/h1-14,24H. The SMILES string of the molecule is c1ccc2cc(OP=NPOc3ccc4ccccc4c3)ccc2c1. The van der Waals surface area contributed by atoms with Crippen LogP contribution in [-0.4, -0.2) is 0 Å². The van der Waals surface area contributed by atoms with Gasteiger partial charge >= 0.3 is 0 Å². The number of rotatable bonds is 5. The molecule has 25 heavy (non-hydrogen) atoms. The minimum atomic E-state index is 0.00141. The Morgan fingerprint density at radius 2 is 1.20 bits per heavy atom. The van der Waals surface area contributed by atoms with Gasteiger partial charge in [-0.1, -0.05) is 60.7 Å². The van der Waals surface area contributed by atoms with Gasteiger partial charge in [0.2, 0.25) is 17.6 Å². The zero-order valence-corrected chi connectivity index (χ0v) is 15.2. The Bertz CT molecular complexity index is 1050. The van der Waals surface area contributed by atoms with Gasteiger partial charge in [-0.3, -0.25) is 0 Å². The monoisotopic (exact) mass is 363 g/mol. The average molecular weight is 363 g/mol. The van der Waals surface area contributed by atoms with E-state index >= 15 is 0 Å². The Balaban J connectivity index is 1.35. The molecule has 0 aliphatic carbocycles. The van der Waals surface area contributed by atoms with Gasteiger partial charge in [0.05, 0.1) is 0 Å². The highest BCUT2D eigenvalue weighted by Crippen LogP contribution is 2.29. The molecule has 4 aromatic carbocycles. The first-order valence-corrected chi connectivity index (χ1v) is 9.47. The molecule has 4 rings (SSSR count). The van der Waals surface area contributed by atoms with Crippen molar-refractivity contribution in [3.05, 3.63) is 84.9 Å². The quantitative estimate of drug-likeness (QED) is 0.357. The zero-order valence-electron chi connectivity index (χ0n) is 13.3. The highest BCUT2D eigenvalue weighted by Gasteiger charge is 1.98. The van der Waals surface area contributed by atoms with E-state index in [1.54, 1.807) is 0 Å². The smallest absolute Gasteiger partial charge is 0.249 e. The molecule has 0 amide bonds. The third-order valence-corrected chi connectivity index (χ3v) is 5.11. The lowest BCUT2D eigenvalue weighted by atomic mass is 10.1. The molecule has 4 aromatic rings. The molecule has 122 valence electrons. The third-order valence-electron chi connectivity index (χ3n) is 3.83. The maximum Gasteiger partial charge on any atom is 0.249 e.